The second-order valence-corrected chi connectivity index (χ2v) is 3.83. The zero-order valence-corrected chi connectivity index (χ0v) is 10.8. The van der Waals surface area contributed by atoms with E-state index >= 15 is 0 Å². The lowest BCUT2D eigenvalue weighted by Crippen LogP contribution is -2.00. The third kappa shape index (κ3) is 2.17. The molecule has 0 heterocycles. The van der Waals surface area contributed by atoms with Crippen LogP contribution in [0.25, 0.3) is 0 Å². The fourth-order valence-corrected chi connectivity index (χ4v) is 2.08. The minimum atomic E-state index is 0.393. The van der Waals surface area contributed by atoms with Crippen LogP contribution >= 0.6 is 22.6 Å². The first-order valence-electron chi connectivity index (χ1n) is 4.13. The Morgan fingerprint density at radius 2 is 1.60 bits per heavy atom. The molecule has 0 saturated carbocycles. The van der Waals surface area contributed by atoms with Crippen LogP contribution in [-0.4, -0.2) is 27.6 Å². The van der Waals surface area contributed by atoms with Crippen LogP contribution in [0.4, 0.5) is 0 Å². The molecule has 15 heavy (non-hydrogen) atoms. The summed E-state index contributed by atoms with van der Waals surface area (Å²) in [6.45, 7) is 0. The van der Waals surface area contributed by atoms with Gasteiger partial charge in [-0.15, -0.1) is 0 Å². The first-order chi connectivity index (χ1) is 7.19. The van der Waals surface area contributed by atoms with E-state index in [1.54, 1.807) is 13.2 Å². The van der Waals surface area contributed by atoms with Gasteiger partial charge >= 0.3 is 0 Å². The number of rotatable bonds is 4. The molecule has 0 atom stereocenters. The summed E-state index contributed by atoms with van der Waals surface area (Å²) in [6.07, 6.45) is 0.725. The van der Waals surface area contributed by atoms with Gasteiger partial charge in [-0.05, 0) is 28.7 Å². The first kappa shape index (κ1) is 12.1. The van der Waals surface area contributed by atoms with Crippen molar-refractivity contribution in [1.29, 1.82) is 0 Å². The van der Waals surface area contributed by atoms with E-state index in [1.165, 1.54) is 14.2 Å². The van der Waals surface area contributed by atoms with Crippen LogP contribution in [0.5, 0.6) is 17.2 Å². The molecule has 0 spiro atoms. The zero-order chi connectivity index (χ0) is 11.4. The molecule has 0 aliphatic heterocycles. The Hall–Kier alpha value is -0.980. The van der Waals surface area contributed by atoms with Gasteiger partial charge in [-0.3, -0.25) is 4.79 Å². The van der Waals surface area contributed by atoms with Gasteiger partial charge in [0.25, 0.3) is 0 Å². The number of methoxy groups -OCH3 is 3. The highest BCUT2D eigenvalue weighted by Crippen LogP contribution is 2.42. The highest BCUT2D eigenvalue weighted by atomic mass is 127. The van der Waals surface area contributed by atoms with Crippen molar-refractivity contribution in [2.75, 3.05) is 21.3 Å². The Morgan fingerprint density at radius 1 is 1.07 bits per heavy atom. The molecule has 1 aromatic carbocycles. The van der Waals surface area contributed by atoms with Gasteiger partial charge in [0, 0.05) is 0 Å². The van der Waals surface area contributed by atoms with Crippen molar-refractivity contribution in [1.82, 2.24) is 0 Å². The summed E-state index contributed by atoms with van der Waals surface area (Å²) in [4.78, 5) is 10.8. The van der Waals surface area contributed by atoms with Gasteiger partial charge < -0.3 is 14.2 Å². The van der Waals surface area contributed by atoms with E-state index in [-0.39, 0.29) is 0 Å². The Labute approximate surface area is 102 Å². The highest BCUT2D eigenvalue weighted by Gasteiger charge is 2.18. The normalized spacial score (nSPS) is 9.60. The smallest absolute Gasteiger partial charge is 0.205 e. The van der Waals surface area contributed by atoms with Gasteiger partial charge in [0.15, 0.2) is 17.8 Å². The standard InChI is InChI=1S/C10H11IO4/c1-13-8-6(5-12)4-7(11)9(14-2)10(8)15-3/h4-5H,1-3H3. The van der Waals surface area contributed by atoms with E-state index < -0.39 is 0 Å². The van der Waals surface area contributed by atoms with Crippen LogP contribution in [0.2, 0.25) is 0 Å². The maximum atomic E-state index is 10.8. The number of ether oxygens (including phenoxy) is 3. The molecule has 5 heteroatoms. The Morgan fingerprint density at radius 3 is 2.00 bits per heavy atom. The second-order valence-electron chi connectivity index (χ2n) is 2.67. The average molecular weight is 322 g/mol. The molecular weight excluding hydrogens is 311 g/mol. The van der Waals surface area contributed by atoms with Gasteiger partial charge in [-0.25, -0.2) is 0 Å². The molecule has 4 nitrogen and oxygen atoms in total. The molecule has 0 fully saturated rings. The van der Waals surface area contributed by atoms with Crippen LogP contribution in [-0.2, 0) is 0 Å². The SMILES string of the molecule is COc1c(I)cc(C=O)c(OC)c1OC. The molecule has 0 amide bonds. The van der Waals surface area contributed by atoms with Crippen molar-refractivity contribution in [3.8, 4) is 17.2 Å². The summed E-state index contributed by atoms with van der Waals surface area (Å²) >= 11 is 2.07. The van der Waals surface area contributed by atoms with Crippen LogP contribution in [0.3, 0.4) is 0 Å². The number of carbonyl (C=O) groups is 1. The Balaban J connectivity index is 3.51. The van der Waals surface area contributed by atoms with Crippen molar-refractivity contribution >= 4 is 28.9 Å². The van der Waals surface area contributed by atoms with Crippen LogP contribution in [0, 0.1) is 3.57 Å². The molecule has 1 rings (SSSR count). The van der Waals surface area contributed by atoms with Crippen molar-refractivity contribution in [3.63, 3.8) is 0 Å². The minimum absolute atomic E-state index is 0.393. The maximum Gasteiger partial charge on any atom is 0.205 e. The fourth-order valence-electron chi connectivity index (χ4n) is 1.28. The molecule has 0 saturated heterocycles. The van der Waals surface area contributed by atoms with E-state index in [9.17, 15) is 4.79 Å². The van der Waals surface area contributed by atoms with Crippen molar-refractivity contribution < 1.29 is 19.0 Å². The molecule has 1 aromatic rings. The van der Waals surface area contributed by atoms with Crippen molar-refractivity contribution in [2.24, 2.45) is 0 Å². The predicted octanol–water partition coefficient (Wildman–Crippen LogP) is 2.13. The zero-order valence-electron chi connectivity index (χ0n) is 8.67. The van der Waals surface area contributed by atoms with Crippen LogP contribution in [0.15, 0.2) is 6.07 Å². The van der Waals surface area contributed by atoms with Gasteiger partial charge in [0.05, 0.1) is 30.5 Å². The van der Waals surface area contributed by atoms with Crippen LogP contribution < -0.4 is 14.2 Å². The number of carbonyl (C=O) groups excluding carboxylic acids is 1. The molecule has 0 bridgehead atoms. The summed E-state index contributed by atoms with van der Waals surface area (Å²) in [6, 6.07) is 1.69. The first-order valence-corrected chi connectivity index (χ1v) is 5.21. The summed E-state index contributed by atoms with van der Waals surface area (Å²) in [5, 5.41) is 0. The van der Waals surface area contributed by atoms with Crippen molar-refractivity contribution in [2.45, 2.75) is 0 Å². The second kappa shape index (κ2) is 5.20. The molecule has 0 radical (unpaired) electrons. The quantitative estimate of drug-likeness (QED) is 0.629. The predicted molar refractivity (Wildman–Crippen MR) is 64.2 cm³/mol. The lowest BCUT2D eigenvalue weighted by Gasteiger charge is -2.14. The highest BCUT2D eigenvalue weighted by molar-refractivity contribution is 14.1. The molecule has 0 unspecified atom stereocenters. The van der Waals surface area contributed by atoms with Gasteiger partial charge in [0.1, 0.15) is 0 Å². The number of aldehydes is 1. The third-order valence-electron chi connectivity index (χ3n) is 1.91. The molecular formula is C10H11IO4. The third-order valence-corrected chi connectivity index (χ3v) is 2.71. The average Bonchev–Trinajstić information content (AvgIpc) is 2.27. The van der Waals surface area contributed by atoms with E-state index in [0.717, 1.165) is 9.86 Å². The molecule has 0 aliphatic rings. The number of hydrogen-bond acceptors (Lipinski definition) is 4. The summed E-state index contributed by atoms with van der Waals surface area (Å²) < 4.78 is 16.3. The summed E-state index contributed by atoms with van der Waals surface area (Å²) in [5.74, 6) is 1.40. The Kier molecular flexibility index (Phi) is 4.19. The van der Waals surface area contributed by atoms with Crippen LogP contribution in [0.1, 0.15) is 10.4 Å². The summed E-state index contributed by atoms with van der Waals surface area (Å²) in [5.41, 5.74) is 0.444. The summed E-state index contributed by atoms with van der Waals surface area (Å²) in [7, 11) is 4.53. The van der Waals surface area contributed by atoms with E-state index in [0.29, 0.717) is 22.8 Å². The van der Waals surface area contributed by atoms with Gasteiger partial charge in [-0.2, -0.15) is 0 Å². The van der Waals surface area contributed by atoms with Crippen molar-refractivity contribution in [3.05, 3.63) is 15.2 Å². The maximum absolute atomic E-state index is 10.8. The minimum Gasteiger partial charge on any atom is -0.492 e. The van der Waals surface area contributed by atoms with Gasteiger partial charge in [-0.1, -0.05) is 0 Å². The molecule has 0 aliphatic carbocycles. The van der Waals surface area contributed by atoms with E-state index in [1.807, 2.05) is 0 Å². The lowest BCUT2D eigenvalue weighted by molar-refractivity contribution is 0.111. The van der Waals surface area contributed by atoms with E-state index in [4.69, 9.17) is 14.2 Å². The molecule has 0 N–H and O–H groups in total. The Bertz CT molecular complexity index is 376. The number of halogens is 1. The van der Waals surface area contributed by atoms with Gasteiger partial charge in [0.2, 0.25) is 5.75 Å². The van der Waals surface area contributed by atoms with E-state index in [2.05, 4.69) is 22.6 Å². The largest absolute Gasteiger partial charge is 0.492 e. The molecule has 0 aromatic heterocycles. The lowest BCUT2D eigenvalue weighted by atomic mass is 10.2. The molecule has 82 valence electrons. The number of benzene rings is 1. The monoisotopic (exact) mass is 322 g/mol. The number of hydrogen-bond donors (Lipinski definition) is 0. The topological polar surface area (TPSA) is 44.8 Å². The fraction of sp³-hybridized carbons (Fsp3) is 0.300.